The molecule has 5 heteroatoms. The lowest BCUT2D eigenvalue weighted by Crippen LogP contribution is -1.93. The quantitative estimate of drug-likeness (QED) is 0.575. The Morgan fingerprint density at radius 2 is 2.06 bits per heavy atom. The molecule has 0 atom stereocenters. The first-order valence-corrected chi connectivity index (χ1v) is 6.45. The van der Waals surface area contributed by atoms with Crippen molar-refractivity contribution < 1.29 is 4.74 Å². The van der Waals surface area contributed by atoms with E-state index in [1.165, 1.54) is 0 Å². The van der Waals surface area contributed by atoms with E-state index in [-0.39, 0.29) is 0 Å². The van der Waals surface area contributed by atoms with Gasteiger partial charge in [0, 0.05) is 9.64 Å². The van der Waals surface area contributed by atoms with E-state index in [9.17, 15) is 0 Å². The van der Waals surface area contributed by atoms with Crippen molar-refractivity contribution in [3.63, 3.8) is 0 Å². The molecule has 0 saturated heterocycles. The maximum atomic E-state index is 5.63. The van der Waals surface area contributed by atoms with Gasteiger partial charge in [-0.1, -0.05) is 6.07 Å². The van der Waals surface area contributed by atoms with Crippen LogP contribution in [0.2, 0.25) is 0 Å². The summed E-state index contributed by atoms with van der Waals surface area (Å²) < 4.78 is 7.48. The molecule has 0 unspecified atom stereocenters. The van der Waals surface area contributed by atoms with Gasteiger partial charge in [-0.2, -0.15) is 4.98 Å². The average molecular weight is 391 g/mol. The van der Waals surface area contributed by atoms with Crippen LogP contribution in [0.5, 0.6) is 11.6 Å². The zero-order valence-electron chi connectivity index (χ0n) is 8.45. The van der Waals surface area contributed by atoms with Gasteiger partial charge in [0.2, 0.25) is 5.88 Å². The van der Waals surface area contributed by atoms with Gasteiger partial charge in [-0.25, -0.2) is 4.98 Å². The maximum absolute atomic E-state index is 5.63. The Hall–Kier alpha value is -0.690. The number of halogens is 2. The van der Waals surface area contributed by atoms with Crippen LogP contribution in [0, 0.1) is 10.5 Å². The van der Waals surface area contributed by atoms with Crippen LogP contribution >= 0.6 is 38.5 Å². The third kappa shape index (κ3) is 3.15. The number of benzene rings is 1. The van der Waals surface area contributed by atoms with Crippen molar-refractivity contribution in [2.75, 3.05) is 0 Å². The van der Waals surface area contributed by atoms with E-state index in [0.29, 0.717) is 11.7 Å². The lowest BCUT2D eigenvalue weighted by Gasteiger charge is -2.05. The van der Waals surface area contributed by atoms with Crippen LogP contribution in [-0.2, 0) is 0 Å². The molecular weight excluding hydrogens is 383 g/mol. The van der Waals surface area contributed by atoms with E-state index in [1.807, 2.05) is 31.2 Å². The summed E-state index contributed by atoms with van der Waals surface area (Å²) in [5.74, 6) is 1.99. The minimum absolute atomic E-state index is 0.543. The molecule has 16 heavy (non-hydrogen) atoms. The monoisotopic (exact) mass is 390 g/mol. The molecule has 2 rings (SSSR count). The van der Waals surface area contributed by atoms with Crippen molar-refractivity contribution in [2.24, 2.45) is 0 Å². The summed E-state index contributed by atoms with van der Waals surface area (Å²) in [6, 6.07) is 9.54. The molecule has 0 amide bonds. The number of nitrogens with zero attached hydrogens (tertiary/aromatic N) is 2. The van der Waals surface area contributed by atoms with E-state index in [2.05, 4.69) is 48.5 Å². The summed E-state index contributed by atoms with van der Waals surface area (Å²) in [6.07, 6.45) is 0. The second-order valence-electron chi connectivity index (χ2n) is 3.14. The molecule has 82 valence electrons. The van der Waals surface area contributed by atoms with Crippen LogP contribution in [-0.4, -0.2) is 9.97 Å². The van der Waals surface area contributed by atoms with Crippen molar-refractivity contribution in [3.8, 4) is 11.6 Å². The number of hydrogen-bond donors (Lipinski definition) is 0. The van der Waals surface area contributed by atoms with Crippen molar-refractivity contribution in [1.29, 1.82) is 0 Å². The molecule has 1 aromatic heterocycles. The predicted octanol–water partition coefficient (Wildman–Crippen LogP) is 3.94. The molecule has 0 fully saturated rings. The summed E-state index contributed by atoms with van der Waals surface area (Å²) in [5, 5.41) is 0. The van der Waals surface area contributed by atoms with Gasteiger partial charge in [-0.15, -0.1) is 0 Å². The zero-order valence-corrected chi connectivity index (χ0v) is 12.2. The molecule has 0 aliphatic heterocycles. The Morgan fingerprint density at radius 1 is 1.25 bits per heavy atom. The lowest BCUT2D eigenvalue weighted by atomic mass is 10.3. The van der Waals surface area contributed by atoms with Gasteiger partial charge in [0.15, 0.2) is 0 Å². The molecule has 1 aromatic carbocycles. The third-order valence-electron chi connectivity index (χ3n) is 1.80. The number of aromatic nitrogens is 2. The molecule has 0 spiro atoms. The highest BCUT2D eigenvalue weighted by Gasteiger charge is 2.02. The van der Waals surface area contributed by atoms with E-state index in [4.69, 9.17) is 4.74 Å². The van der Waals surface area contributed by atoms with Crippen LogP contribution in [0.15, 0.2) is 34.9 Å². The predicted molar refractivity (Wildman–Crippen MR) is 73.7 cm³/mol. The Balaban J connectivity index is 2.27. The highest BCUT2D eigenvalue weighted by Crippen LogP contribution is 2.23. The smallest absolute Gasteiger partial charge is 0.223 e. The van der Waals surface area contributed by atoms with Gasteiger partial charge in [0.25, 0.3) is 0 Å². The van der Waals surface area contributed by atoms with Crippen LogP contribution in [0.25, 0.3) is 0 Å². The topological polar surface area (TPSA) is 35.0 Å². The van der Waals surface area contributed by atoms with E-state index in [0.717, 1.165) is 13.9 Å². The molecule has 0 N–H and O–H groups in total. The second-order valence-corrected chi connectivity index (χ2v) is 5.19. The van der Waals surface area contributed by atoms with E-state index in [1.54, 1.807) is 6.07 Å². The SMILES string of the molecule is Cc1nc(Br)cc(Oc2cccc(I)c2)n1. The molecular formula is C11H8BrIN2O. The summed E-state index contributed by atoms with van der Waals surface area (Å²) >= 11 is 5.55. The summed E-state index contributed by atoms with van der Waals surface area (Å²) in [4.78, 5) is 8.31. The van der Waals surface area contributed by atoms with Crippen molar-refractivity contribution >= 4 is 38.5 Å². The number of ether oxygens (including phenoxy) is 1. The van der Waals surface area contributed by atoms with Gasteiger partial charge in [0.05, 0.1) is 0 Å². The summed E-state index contributed by atoms with van der Waals surface area (Å²) in [7, 11) is 0. The minimum atomic E-state index is 0.543. The normalized spacial score (nSPS) is 10.2. The van der Waals surface area contributed by atoms with Gasteiger partial charge >= 0.3 is 0 Å². The van der Waals surface area contributed by atoms with Gasteiger partial charge in [-0.05, 0) is 63.6 Å². The molecule has 0 aliphatic carbocycles. The highest BCUT2D eigenvalue weighted by atomic mass is 127. The number of rotatable bonds is 2. The van der Waals surface area contributed by atoms with Gasteiger partial charge in [0.1, 0.15) is 16.2 Å². The Labute approximate surface area is 116 Å². The first-order valence-electron chi connectivity index (χ1n) is 4.58. The average Bonchev–Trinajstić information content (AvgIpc) is 2.15. The minimum Gasteiger partial charge on any atom is -0.439 e. The van der Waals surface area contributed by atoms with Crippen LogP contribution < -0.4 is 4.74 Å². The standard InChI is InChI=1S/C11H8BrIN2O/c1-7-14-10(12)6-11(15-7)16-9-4-2-3-8(13)5-9/h2-6H,1H3. The fraction of sp³-hybridized carbons (Fsp3) is 0.0909. The molecule has 0 aliphatic rings. The van der Waals surface area contributed by atoms with E-state index >= 15 is 0 Å². The molecule has 0 saturated carbocycles. The summed E-state index contributed by atoms with van der Waals surface area (Å²) in [5.41, 5.74) is 0. The van der Waals surface area contributed by atoms with Crippen LogP contribution in [0.1, 0.15) is 5.82 Å². The van der Waals surface area contributed by atoms with Crippen molar-refractivity contribution in [1.82, 2.24) is 9.97 Å². The Bertz CT molecular complexity index is 499. The fourth-order valence-electron chi connectivity index (χ4n) is 1.21. The van der Waals surface area contributed by atoms with Gasteiger partial charge in [-0.3, -0.25) is 0 Å². The largest absolute Gasteiger partial charge is 0.439 e. The first-order chi connectivity index (χ1) is 7.63. The van der Waals surface area contributed by atoms with E-state index < -0.39 is 0 Å². The second kappa shape index (κ2) is 5.09. The number of hydrogen-bond acceptors (Lipinski definition) is 3. The third-order valence-corrected chi connectivity index (χ3v) is 2.88. The highest BCUT2D eigenvalue weighted by molar-refractivity contribution is 14.1. The lowest BCUT2D eigenvalue weighted by molar-refractivity contribution is 0.459. The van der Waals surface area contributed by atoms with Crippen LogP contribution in [0.4, 0.5) is 0 Å². The first kappa shape index (κ1) is 11.8. The number of aryl methyl sites for hydroxylation is 1. The Morgan fingerprint density at radius 3 is 2.75 bits per heavy atom. The molecule has 0 radical (unpaired) electrons. The fourth-order valence-corrected chi connectivity index (χ4v) is 2.18. The Kier molecular flexibility index (Phi) is 3.75. The molecule has 1 heterocycles. The molecule has 0 bridgehead atoms. The molecule has 3 nitrogen and oxygen atoms in total. The summed E-state index contributed by atoms with van der Waals surface area (Å²) in [6.45, 7) is 1.83. The zero-order chi connectivity index (χ0) is 11.5. The molecule has 2 aromatic rings. The van der Waals surface area contributed by atoms with Crippen molar-refractivity contribution in [2.45, 2.75) is 6.92 Å². The van der Waals surface area contributed by atoms with Gasteiger partial charge < -0.3 is 4.74 Å². The van der Waals surface area contributed by atoms with Crippen molar-refractivity contribution in [3.05, 3.63) is 44.3 Å². The maximum Gasteiger partial charge on any atom is 0.223 e. The van der Waals surface area contributed by atoms with Crippen LogP contribution in [0.3, 0.4) is 0 Å².